The van der Waals surface area contributed by atoms with Crippen LogP contribution in [0.2, 0.25) is 5.02 Å². The molecule has 4 amide bonds. The van der Waals surface area contributed by atoms with Crippen LogP contribution in [0.5, 0.6) is 0 Å². The highest BCUT2D eigenvalue weighted by Gasteiger charge is 2.39. The molecule has 0 spiro atoms. The van der Waals surface area contributed by atoms with E-state index in [0.717, 1.165) is 75.4 Å². The molecule has 3 N–H and O–H groups in total. The Morgan fingerprint density at radius 2 is 1.58 bits per heavy atom. The first kappa shape index (κ1) is 44.3. The van der Waals surface area contributed by atoms with Crippen molar-refractivity contribution in [1.29, 1.82) is 0 Å². The van der Waals surface area contributed by atoms with E-state index < -0.39 is 35.5 Å². The minimum atomic E-state index is -4.78. The molecule has 12 nitrogen and oxygen atoms in total. The van der Waals surface area contributed by atoms with E-state index in [9.17, 15) is 32.3 Å². The Balaban J connectivity index is 1.04. The van der Waals surface area contributed by atoms with Gasteiger partial charge in [-0.05, 0) is 106 Å². The zero-order valence-electron chi connectivity index (χ0n) is 34.0. The van der Waals surface area contributed by atoms with E-state index in [2.05, 4.69) is 17.1 Å². The summed E-state index contributed by atoms with van der Waals surface area (Å²) in [6.07, 6.45) is 1.37. The molecule has 16 heteroatoms. The summed E-state index contributed by atoms with van der Waals surface area (Å²) in [6, 6.07) is 9.52. The highest BCUT2D eigenvalue weighted by Crippen LogP contribution is 2.39. The number of unbranched alkanes of at least 4 members (excludes halogenated alkanes) is 2. The number of nitrogens with one attached hydrogen (secondary N) is 1. The number of nitrogens with two attached hydrogens (primary N) is 1. The van der Waals surface area contributed by atoms with Crippen molar-refractivity contribution in [1.82, 2.24) is 19.6 Å². The number of para-hydroxylation sites is 1. The first-order chi connectivity index (χ1) is 28.3. The van der Waals surface area contributed by atoms with Crippen LogP contribution in [0.15, 0.2) is 36.4 Å². The summed E-state index contributed by atoms with van der Waals surface area (Å²) >= 11 is 6.15. The number of esters is 1. The van der Waals surface area contributed by atoms with Crippen molar-refractivity contribution in [2.75, 3.05) is 70.0 Å². The molecule has 3 saturated heterocycles. The van der Waals surface area contributed by atoms with Crippen LogP contribution in [0, 0.1) is 11.8 Å². The monoisotopic (exact) mass is 846 g/mol. The van der Waals surface area contributed by atoms with Crippen LogP contribution in [0.25, 0.3) is 0 Å². The van der Waals surface area contributed by atoms with Gasteiger partial charge in [-0.1, -0.05) is 49.6 Å². The van der Waals surface area contributed by atoms with Crippen molar-refractivity contribution in [3.05, 3.63) is 58.1 Å². The molecule has 59 heavy (non-hydrogen) atoms. The van der Waals surface area contributed by atoms with Gasteiger partial charge in [0.1, 0.15) is 0 Å². The molecule has 0 unspecified atom stereocenters. The third-order valence-electron chi connectivity index (χ3n) is 12.5. The number of halogens is 4. The quantitative estimate of drug-likeness (QED) is 0.119. The molecule has 3 fully saturated rings. The fraction of sp³-hybridized carbons (Fsp3) is 0.628. The number of fused-ring (bicyclic) bond motifs is 1. The number of rotatable bonds is 13. The Labute approximate surface area is 349 Å². The molecule has 1 atom stereocenters. The van der Waals surface area contributed by atoms with Gasteiger partial charge in [-0.2, -0.15) is 13.2 Å². The first-order valence-electron chi connectivity index (χ1n) is 21.2. The Morgan fingerprint density at radius 1 is 0.915 bits per heavy atom. The van der Waals surface area contributed by atoms with Crippen LogP contribution in [0.3, 0.4) is 0 Å². The van der Waals surface area contributed by atoms with Crippen LogP contribution >= 0.6 is 11.6 Å². The second-order valence-corrected chi connectivity index (χ2v) is 16.8. The Morgan fingerprint density at radius 3 is 2.25 bits per heavy atom. The molecule has 0 aliphatic carbocycles. The van der Waals surface area contributed by atoms with Crippen LogP contribution in [0.1, 0.15) is 87.8 Å². The smallest absolute Gasteiger partial charge is 0.418 e. The number of alkyl halides is 3. The number of likely N-dealkylation sites (tertiary alicyclic amines) is 3. The molecule has 6 rings (SSSR count). The van der Waals surface area contributed by atoms with Gasteiger partial charge in [-0.3, -0.25) is 9.59 Å². The number of nitrogen functional groups attached to an aromatic ring is 1. The van der Waals surface area contributed by atoms with E-state index in [-0.39, 0.29) is 48.1 Å². The highest BCUT2D eigenvalue weighted by atomic mass is 35.5. The SMILES string of the molecule is CCCCCOC(=O)CCN1CCC(C2CCN(C(=O)[C@@H](Cc3cc(Cl)c(N)c(C(F)(F)F)c3)OC(=O)N3CCC(N4CCc5ccccc5NC4=O)CC3)CC2)CC1. The predicted molar refractivity (Wildman–Crippen MR) is 219 cm³/mol. The minimum Gasteiger partial charge on any atom is -0.466 e. The molecule has 0 bridgehead atoms. The van der Waals surface area contributed by atoms with Gasteiger partial charge in [0.15, 0.2) is 6.10 Å². The summed E-state index contributed by atoms with van der Waals surface area (Å²) in [7, 11) is 0. The Hall–Kier alpha value is -4.24. The van der Waals surface area contributed by atoms with E-state index in [1.54, 1.807) is 9.80 Å². The first-order valence-corrected chi connectivity index (χ1v) is 21.6. The number of carbonyl (C=O) groups excluding carboxylic acids is 4. The Bertz CT molecular complexity index is 1780. The number of amides is 4. The molecule has 0 saturated carbocycles. The minimum absolute atomic E-state index is 0.0703. The van der Waals surface area contributed by atoms with Crippen molar-refractivity contribution < 1.29 is 41.8 Å². The maximum atomic E-state index is 14.2. The summed E-state index contributed by atoms with van der Waals surface area (Å²) in [5.74, 6) is 0.261. The fourth-order valence-electron chi connectivity index (χ4n) is 9.02. The number of urea groups is 1. The van der Waals surface area contributed by atoms with Gasteiger partial charge in [0.2, 0.25) is 0 Å². The molecule has 4 aliphatic rings. The summed E-state index contributed by atoms with van der Waals surface area (Å²) in [5, 5.41) is 2.69. The number of piperidine rings is 3. The fourth-order valence-corrected chi connectivity index (χ4v) is 9.26. The van der Waals surface area contributed by atoms with Crippen LogP contribution in [-0.2, 0) is 38.1 Å². The number of ether oxygens (including phenoxy) is 2. The molecule has 2 aromatic carbocycles. The number of hydrogen-bond donors (Lipinski definition) is 2. The maximum Gasteiger partial charge on any atom is 0.418 e. The van der Waals surface area contributed by atoms with Crippen molar-refractivity contribution in [3.8, 4) is 0 Å². The molecule has 0 radical (unpaired) electrons. The van der Waals surface area contributed by atoms with E-state index in [4.69, 9.17) is 26.8 Å². The van der Waals surface area contributed by atoms with Gasteiger partial charge < -0.3 is 40.1 Å². The lowest BCUT2D eigenvalue weighted by Crippen LogP contribution is -2.52. The maximum absolute atomic E-state index is 14.2. The van der Waals surface area contributed by atoms with E-state index >= 15 is 0 Å². The molecule has 4 aliphatic heterocycles. The zero-order chi connectivity index (χ0) is 42.1. The molecule has 4 heterocycles. The van der Waals surface area contributed by atoms with Gasteiger partial charge in [0, 0.05) is 57.4 Å². The standard InChI is InChI=1S/C43H58ClF3N6O6/c1-2-3-6-25-58-38(54)16-19-50-17-9-30(10-18-50)31-11-20-51(21-12-31)40(55)37(28-29-26-34(43(45,46)47)39(48)35(44)27-29)59-42(57)52-22-14-33(15-23-52)53-24-13-32-7-4-5-8-36(32)49-41(53)56/h4-5,7-8,26-27,30-31,33,37H,2-3,6,9-25,28,48H2,1H3,(H,49,56)/t37-/m1/s1. The average Bonchev–Trinajstić information content (AvgIpc) is 3.40. The van der Waals surface area contributed by atoms with Crippen molar-refractivity contribution >= 4 is 47.0 Å². The van der Waals surface area contributed by atoms with Crippen molar-refractivity contribution in [2.45, 2.75) is 102 Å². The van der Waals surface area contributed by atoms with Crippen LogP contribution < -0.4 is 11.1 Å². The second kappa shape index (κ2) is 20.3. The number of carbonyl (C=O) groups is 4. The van der Waals surface area contributed by atoms with Gasteiger partial charge in [-0.15, -0.1) is 0 Å². The third kappa shape index (κ3) is 11.7. The topological polar surface area (TPSA) is 138 Å². The number of nitrogens with zero attached hydrogens (tertiary/aromatic N) is 4. The average molecular weight is 847 g/mol. The van der Waals surface area contributed by atoms with E-state index in [1.165, 1.54) is 11.0 Å². The summed E-state index contributed by atoms with van der Waals surface area (Å²) in [6.45, 7) is 7.02. The lowest BCUT2D eigenvalue weighted by molar-refractivity contribution is -0.144. The summed E-state index contributed by atoms with van der Waals surface area (Å²) < 4.78 is 53.0. The van der Waals surface area contributed by atoms with Gasteiger partial charge >= 0.3 is 24.3 Å². The highest BCUT2D eigenvalue weighted by molar-refractivity contribution is 6.33. The third-order valence-corrected chi connectivity index (χ3v) is 12.8. The predicted octanol–water partition coefficient (Wildman–Crippen LogP) is 7.62. The van der Waals surface area contributed by atoms with Crippen LogP contribution in [-0.4, -0.2) is 115 Å². The van der Waals surface area contributed by atoms with E-state index in [1.807, 2.05) is 24.3 Å². The van der Waals surface area contributed by atoms with E-state index in [0.29, 0.717) is 70.3 Å². The van der Waals surface area contributed by atoms with Gasteiger partial charge in [0.25, 0.3) is 5.91 Å². The molecule has 0 aromatic heterocycles. The molecular weight excluding hydrogens is 789 g/mol. The largest absolute Gasteiger partial charge is 0.466 e. The summed E-state index contributed by atoms with van der Waals surface area (Å²) in [5.41, 5.74) is 5.88. The van der Waals surface area contributed by atoms with Crippen molar-refractivity contribution in [2.24, 2.45) is 11.8 Å². The molecular formula is C43H58ClF3N6O6. The zero-order valence-corrected chi connectivity index (χ0v) is 34.7. The second-order valence-electron chi connectivity index (χ2n) is 16.4. The van der Waals surface area contributed by atoms with Gasteiger partial charge in [0.05, 0.1) is 29.3 Å². The van der Waals surface area contributed by atoms with Crippen LogP contribution in [0.4, 0.5) is 34.1 Å². The lowest BCUT2D eigenvalue weighted by Gasteiger charge is -2.41. The normalized spacial score (nSPS) is 19.5. The lowest BCUT2D eigenvalue weighted by atomic mass is 9.78. The number of hydrogen-bond acceptors (Lipinski definition) is 8. The number of anilines is 2. The van der Waals surface area contributed by atoms with Gasteiger partial charge in [-0.25, -0.2) is 9.59 Å². The number of benzene rings is 2. The Kier molecular flexibility index (Phi) is 15.3. The molecule has 324 valence electrons. The summed E-state index contributed by atoms with van der Waals surface area (Å²) in [4.78, 5) is 60.4. The molecule has 2 aromatic rings. The van der Waals surface area contributed by atoms with Crippen molar-refractivity contribution in [3.63, 3.8) is 0 Å².